The molecule has 0 bridgehead atoms. The van der Waals surface area contributed by atoms with Gasteiger partial charge in [0.15, 0.2) is 5.60 Å². The topological polar surface area (TPSA) is 61.6 Å². The number of rotatable bonds is 1. The van der Waals surface area contributed by atoms with E-state index in [2.05, 4.69) is 4.74 Å². The van der Waals surface area contributed by atoms with Gasteiger partial charge in [-0.05, 0) is 6.92 Å². The Balaban J connectivity index is 2.76. The van der Waals surface area contributed by atoms with Crippen LogP contribution in [-0.4, -0.2) is 29.3 Å². The highest BCUT2D eigenvalue weighted by Gasteiger charge is 2.43. The van der Waals surface area contributed by atoms with Gasteiger partial charge in [0.1, 0.15) is 0 Å². The Morgan fingerprint density at radius 1 is 1.83 bits per heavy atom. The van der Waals surface area contributed by atoms with Crippen molar-refractivity contribution in [1.82, 2.24) is 0 Å². The van der Waals surface area contributed by atoms with Gasteiger partial charge in [0.25, 0.3) is 0 Å². The number of hydrogen-bond acceptors (Lipinski definition) is 4. The SMILES string of the molecule is COC(=O)C1(C)CC(C)=[N+]([O-])O1. The molecule has 0 aromatic heterocycles. The van der Waals surface area contributed by atoms with Gasteiger partial charge in [-0.3, -0.25) is 10.0 Å². The summed E-state index contributed by atoms with van der Waals surface area (Å²) in [6.45, 7) is 3.14. The predicted molar refractivity (Wildman–Crippen MR) is 40.4 cm³/mol. The van der Waals surface area contributed by atoms with Gasteiger partial charge in [-0.1, -0.05) is 0 Å². The van der Waals surface area contributed by atoms with Crippen LogP contribution >= 0.6 is 0 Å². The third-order valence-corrected chi connectivity index (χ3v) is 1.81. The molecule has 0 N–H and O–H groups in total. The van der Waals surface area contributed by atoms with Crippen LogP contribution in [0, 0.1) is 5.21 Å². The molecule has 5 nitrogen and oxygen atoms in total. The minimum atomic E-state index is -1.14. The molecule has 1 unspecified atom stereocenters. The number of hydrogen-bond donors (Lipinski definition) is 0. The van der Waals surface area contributed by atoms with E-state index in [-0.39, 0.29) is 6.42 Å². The van der Waals surface area contributed by atoms with E-state index in [0.717, 1.165) is 0 Å². The summed E-state index contributed by atoms with van der Waals surface area (Å²) in [6, 6.07) is 0. The van der Waals surface area contributed by atoms with Crippen molar-refractivity contribution in [3.63, 3.8) is 0 Å². The second kappa shape index (κ2) is 2.66. The van der Waals surface area contributed by atoms with Crippen LogP contribution in [0.2, 0.25) is 0 Å². The lowest BCUT2D eigenvalue weighted by molar-refractivity contribution is -0.747. The van der Waals surface area contributed by atoms with Gasteiger partial charge in [-0.2, -0.15) is 0 Å². The van der Waals surface area contributed by atoms with Gasteiger partial charge >= 0.3 is 5.97 Å². The molecule has 0 spiro atoms. The minimum Gasteiger partial charge on any atom is -0.468 e. The smallest absolute Gasteiger partial charge is 0.328 e. The van der Waals surface area contributed by atoms with Crippen molar-refractivity contribution >= 4 is 11.7 Å². The monoisotopic (exact) mass is 173 g/mol. The highest BCUT2D eigenvalue weighted by atomic mass is 16.9. The van der Waals surface area contributed by atoms with Crippen molar-refractivity contribution < 1.29 is 19.3 Å². The zero-order chi connectivity index (χ0) is 9.35. The van der Waals surface area contributed by atoms with Crippen LogP contribution in [0.15, 0.2) is 0 Å². The second-order valence-corrected chi connectivity index (χ2v) is 2.98. The average Bonchev–Trinajstić information content (AvgIpc) is 2.26. The van der Waals surface area contributed by atoms with E-state index in [9.17, 15) is 10.0 Å². The van der Waals surface area contributed by atoms with Crippen LogP contribution in [0.25, 0.3) is 0 Å². The second-order valence-electron chi connectivity index (χ2n) is 2.98. The maximum Gasteiger partial charge on any atom is 0.328 e. The van der Waals surface area contributed by atoms with Gasteiger partial charge in [-0.15, -0.1) is 0 Å². The highest BCUT2D eigenvalue weighted by molar-refractivity contribution is 5.89. The van der Waals surface area contributed by atoms with Crippen LogP contribution < -0.4 is 0 Å². The van der Waals surface area contributed by atoms with E-state index in [1.54, 1.807) is 6.92 Å². The Morgan fingerprint density at radius 2 is 2.42 bits per heavy atom. The first-order valence-corrected chi connectivity index (χ1v) is 3.57. The summed E-state index contributed by atoms with van der Waals surface area (Å²) in [5, 5.41) is 10.9. The van der Waals surface area contributed by atoms with E-state index in [1.165, 1.54) is 14.0 Å². The number of esters is 1. The maximum atomic E-state index is 11.1. The molecule has 0 amide bonds. The van der Waals surface area contributed by atoms with Crippen molar-refractivity contribution in [2.75, 3.05) is 7.11 Å². The molecular formula is C7H11NO4. The zero-order valence-corrected chi connectivity index (χ0v) is 7.29. The molecule has 0 aromatic rings. The van der Waals surface area contributed by atoms with Crippen molar-refractivity contribution in [2.24, 2.45) is 0 Å². The van der Waals surface area contributed by atoms with Crippen molar-refractivity contribution in [3.8, 4) is 0 Å². The maximum absolute atomic E-state index is 11.1. The predicted octanol–water partition coefficient (Wildman–Crippen LogP) is 0.225. The standard InChI is InChI=1S/C7H11NO4/c1-5-4-7(2,6(9)11-3)12-8(5)10/h4H2,1-3H3. The molecule has 12 heavy (non-hydrogen) atoms. The molecule has 0 aliphatic carbocycles. The Hall–Kier alpha value is -1.26. The lowest BCUT2D eigenvalue weighted by Crippen LogP contribution is -2.37. The largest absolute Gasteiger partial charge is 0.468 e. The number of methoxy groups -OCH3 is 1. The van der Waals surface area contributed by atoms with Crippen molar-refractivity contribution in [1.29, 1.82) is 0 Å². The first kappa shape index (κ1) is 8.83. The lowest BCUT2D eigenvalue weighted by Gasteiger charge is -2.20. The Kier molecular flexibility index (Phi) is 1.95. The van der Waals surface area contributed by atoms with Crippen molar-refractivity contribution in [2.45, 2.75) is 25.9 Å². The van der Waals surface area contributed by atoms with Crippen molar-refractivity contribution in [3.05, 3.63) is 5.21 Å². The molecule has 1 aliphatic rings. The molecule has 0 saturated heterocycles. The van der Waals surface area contributed by atoms with E-state index in [0.29, 0.717) is 10.6 Å². The van der Waals surface area contributed by atoms with Gasteiger partial charge in [0.2, 0.25) is 5.71 Å². The summed E-state index contributed by atoms with van der Waals surface area (Å²) in [4.78, 5) is 16.2. The minimum absolute atomic E-state index is 0.281. The number of carbonyl (C=O) groups is 1. The number of carbonyl (C=O) groups excluding carboxylic acids is 1. The third-order valence-electron chi connectivity index (χ3n) is 1.81. The molecule has 1 rings (SSSR count). The van der Waals surface area contributed by atoms with E-state index in [4.69, 9.17) is 4.84 Å². The summed E-state index contributed by atoms with van der Waals surface area (Å²) < 4.78 is 4.49. The fourth-order valence-corrected chi connectivity index (χ4v) is 1.17. The van der Waals surface area contributed by atoms with Gasteiger partial charge in [0.05, 0.1) is 13.5 Å². The van der Waals surface area contributed by atoms with E-state index < -0.39 is 11.6 Å². The fraction of sp³-hybridized carbons (Fsp3) is 0.714. The summed E-state index contributed by atoms with van der Waals surface area (Å²) in [5.74, 6) is -0.528. The van der Waals surface area contributed by atoms with E-state index in [1.807, 2.05) is 0 Å². The molecule has 0 aromatic carbocycles. The highest BCUT2D eigenvalue weighted by Crippen LogP contribution is 2.23. The Morgan fingerprint density at radius 3 is 2.75 bits per heavy atom. The van der Waals surface area contributed by atoms with Gasteiger partial charge in [-0.25, -0.2) is 0 Å². The molecule has 5 heteroatoms. The number of ether oxygens (including phenoxy) is 1. The molecule has 68 valence electrons. The molecule has 0 fully saturated rings. The van der Waals surface area contributed by atoms with Crippen LogP contribution in [0.4, 0.5) is 0 Å². The third kappa shape index (κ3) is 1.22. The molecular weight excluding hydrogens is 162 g/mol. The first-order valence-electron chi connectivity index (χ1n) is 3.57. The van der Waals surface area contributed by atoms with Crippen LogP contribution in [0.3, 0.4) is 0 Å². The molecule has 1 aliphatic heterocycles. The molecule has 0 saturated carbocycles. The van der Waals surface area contributed by atoms with E-state index >= 15 is 0 Å². The van der Waals surface area contributed by atoms with Gasteiger partial charge in [0, 0.05) is 11.8 Å². The first-order chi connectivity index (χ1) is 5.49. The number of nitrogens with zero attached hydrogens (tertiary/aromatic N) is 1. The fourth-order valence-electron chi connectivity index (χ4n) is 1.17. The summed E-state index contributed by atoms with van der Waals surface area (Å²) in [6.07, 6.45) is 0.281. The Labute approximate surface area is 70.1 Å². The summed E-state index contributed by atoms with van der Waals surface area (Å²) in [5.41, 5.74) is -0.663. The summed E-state index contributed by atoms with van der Waals surface area (Å²) >= 11 is 0. The summed E-state index contributed by atoms with van der Waals surface area (Å²) in [7, 11) is 1.26. The zero-order valence-electron chi connectivity index (χ0n) is 7.29. The Bertz CT molecular complexity index is 232. The van der Waals surface area contributed by atoms with Gasteiger partial charge < -0.3 is 9.57 Å². The normalized spacial score (nSPS) is 28.6. The van der Waals surface area contributed by atoms with Crippen LogP contribution in [0.5, 0.6) is 0 Å². The average molecular weight is 173 g/mol. The molecule has 1 heterocycles. The van der Waals surface area contributed by atoms with Crippen LogP contribution in [0.1, 0.15) is 20.3 Å². The lowest BCUT2D eigenvalue weighted by atomic mass is 10.0. The quantitative estimate of drug-likeness (QED) is 0.420. The molecule has 0 radical (unpaired) electrons. The molecule has 1 atom stereocenters. The van der Waals surface area contributed by atoms with Crippen LogP contribution in [-0.2, 0) is 14.4 Å².